The van der Waals surface area contributed by atoms with E-state index < -0.39 is 0 Å². The summed E-state index contributed by atoms with van der Waals surface area (Å²) in [6.07, 6.45) is 1.25. The molecule has 2 aromatic carbocycles. The fourth-order valence-corrected chi connectivity index (χ4v) is 2.53. The number of carbonyl (C=O) groups is 1. The second-order valence-corrected chi connectivity index (χ2v) is 5.40. The first-order chi connectivity index (χ1) is 10.2. The molecule has 0 radical (unpaired) electrons. The molecule has 21 heavy (non-hydrogen) atoms. The zero-order chi connectivity index (χ0) is 15.2. The lowest BCUT2D eigenvalue weighted by Crippen LogP contribution is -2.26. The van der Waals surface area contributed by atoms with Gasteiger partial charge in [-0.15, -0.1) is 0 Å². The molecule has 3 rings (SSSR count). The van der Waals surface area contributed by atoms with Crippen molar-refractivity contribution in [1.82, 2.24) is 4.90 Å². The molecule has 1 aliphatic heterocycles. The summed E-state index contributed by atoms with van der Waals surface area (Å²) < 4.78 is 0. The molecule has 0 atom stereocenters. The lowest BCUT2D eigenvalue weighted by Gasteiger charge is -2.19. The summed E-state index contributed by atoms with van der Waals surface area (Å²) in [6, 6.07) is 16.7. The molecule has 0 saturated heterocycles. The number of rotatable bonds is 0. The van der Waals surface area contributed by atoms with E-state index in [0.717, 1.165) is 0 Å². The van der Waals surface area contributed by atoms with Crippen LogP contribution in [0.5, 0.6) is 0 Å². The molecule has 1 amide bonds. The minimum absolute atomic E-state index is 0.126. The van der Waals surface area contributed by atoms with Crippen LogP contribution in [-0.4, -0.2) is 10.8 Å². The van der Waals surface area contributed by atoms with Gasteiger partial charge < -0.3 is 4.90 Å². The highest BCUT2D eigenvalue weighted by Crippen LogP contribution is 2.32. The molecule has 0 aromatic heterocycles. The maximum absolute atomic E-state index is 11.7. The third kappa shape index (κ3) is 3.52. The van der Waals surface area contributed by atoms with Crippen molar-refractivity contribution in [3.05, 3.63) is 59.7 Å². The maximum atomic E-state index is 11.7. The molecule has 1 aliphatic rings. The van der Waals surface area contributed by atoms with E-state index in [1.54, 1.807) is 6.92 Å². The summed E-state index contributed by atoms with van der Waals surface area (Å²) >= 11 is 0. The fourth-order valence-electron chi connectivity index (χ4n) is 2.53. The van der Waals surface area contributed by atoms with E-state index in [2.05, 4.69) is 50.2 Å². The second kappa shape index (κ2) is 7.07. The van der Waals surface area contributed by atoms with Gasteiger partial charge in [-0.1, -0.05) is 68.8 Å². The second-order valence-electron chi connectivity index (χ2n) is 5.40. The molecule has 2 heteroatoms. The number of fused-ring (bicyclic) bond motifs is 3. The van der Waals surface area contributed by atoms with Gasteiger partial charge in [0.1, 0.15) is 0 Å². The van der Waals surface area contributed by atoms with Gasteiger partial charge in [0, 0.05) is 20.0 Å². The molecule has 0 N–H and O–H groups in total. The Morgan fingerprint density at radius 2 is 1.29 bits per heavy atom. The number of amides is 1. The van der Waals surface area contributed by atoms with E-state index in [4.69, 9.17) is 0 Å². The van der Waals surface area contributed by atoms with E-state index in [0.29, 0.717) is 13.1 Å². The molecule has 1 heterocycles. The Labute approximate surface area is 127 Å². The first-order valence-corrected chi connectivity index (χ1v) is 7.59. The summed E-state index contributed by atoms with van der Waals surface area (Å²) in [7, 11) is 0. The lowest BCUT2D eigenvalue weighted by molar-refractivity contribution is -0.130. The van der Waals surface area contributed by atoms with E-state index in [9.17, 15) is 4.79 Å². The third-order valence-electron chi connectivity index (χ3n) is 3.49. The maximum Gasteiger partial charge on any atom is 0.220 e. The van der Waals surface area contributed by atoms with Crippen LogP contribution in [0.3, 0.4) is 0 Å². The number of hydrogen-bond donors (Lipinski definition) is 0. The van der Waals surface area contributed by atoms with Crippen LogP contribution in [0.2, 0.25) is 0 Å². The molecule has 110 valence electrons. The van der Waals surface area contributed by atoms with Crippen LogP contribution in [0.1, 0.15) is 38.3 Å². The SMILES string of the molecule is CC(=O)N1Cc2ccccc2-c2ccccc2C1.CCC. The van der Waals surface area contributed by atoms with Crippen molar-refractivity contribution in [3.63, 3.8) is 0 Å². The average Bonchev–Trinajstić information content (AvgIpc) is 2.65. The van der Waals surface area contributed by atoms with Crippen LogP contribution < -0.4 is 0 Å². The van der Waals surface area contributed by atoms with E-state index in [1.807, 2.05) is 17.0 Å². The standard InChI is InChI=1S/C16H15NO.C3H8/c1-12(18)17-10-13-6-2-4-8-15(13)16-9-5-3-7-14(16)11-17;1-3-2/h2-9H,10-11H2,1H3;3H2,1-2H3. The average molecular weight is 281 g/mol. The Morgan fingerprint density at radius 1 is 0.905 bits per heavy atom. The van der Waals surface area contributed by atoms with Gasteiger partial charge in [-0.2, -0.15) is 0 Å². The van der Waals surface area contributed by atoms with Crippen molar-refractivity contribution >= 4 is 5.91 Å². The van der Waals surface area contributed by atoms with Crippen LogP contribution in [0.25, 0.3) is 11.1 Å². The van der Waals surface area contributed by atoms with E-state index >= 15 is 0 Å². The Hall–Kier alpha value is -2.09. The van der Waals surface area contributed by atoms with Gasteiger partial charge in [0.15, 0.2) is 0 Å². The van der Waals surface area contributed by atoms with Crippen molar-refractivity contribution in [2.24, 2.45) is 0 Å². The Morgan fingerprint density at radius 3 is 1.67 bits per heavy atom. The molecule has 2 aromatic rings. The van der Waals surface area contributed by atoms with E-state index in [1.165, 1.54) is 28.7 Å². The molecule has 0 spiro atoms. The van der Waals surface area contributed by atoms with Gasteiger partial charge in [0.25, 0.3) is 0 Å². The van der Waals surface area contributed by atoms with Crippen molar-refractivity contribution in [2.75, 3.05) is 0 Å². The number of hydrogen-bond acceptors (Lipinski definition) is 1. The highest BCUT2D eigenvalue weighted by atomic mass is 16.2. The first-order valence-electron chi connectivity index (χ1n) is 7.59. The van der Waals surface area contributed by atoms with Gasteiger partial charge in [-0.05, 0) is 22.3 Å². The molecule has 0 saturated carbocycles. The molecule has 0 aliphatic carbocycles. The van der Waals surface area contributed by atoms with Gasteiger partial charge in [0.05, 0.1) is 0 Å². The molecular formula is C19H23NO. The number of nitrogens with zero attached hydrogens (tertiary/aromatic N) is 1. The molecule has 0 fully saturated rings. The number of benzene rings is 2. The lowest BCUT2D eigenvalue weighted by atomic mass is 9.97. The van der Waals surface area contributed by atoms with Crippen molar-refractivity contribution in [1.29, 1.82) is 0 Å². The van der Waals surface area contributed by atoms with Crippen LogP contribution >= 0.6 is 0 Å². The van der Waals surface area contributed by atoms with Gasteiger partial charge >= 0.3 is 0 Å². The Bertz CT molecular complexity index is 571. The van der Waals surface area contributed by atoms with Gasteiger partial charge in [0.2, 0.25) is 5.91 Å². The van der Waals surface area contributed by atoms with Crippen molar-refractivity contribution in [2.45, 2.75) is 40.3 Å². The summed E-state index contributed by atoms with van der Waals surface area (Å²) in [5.41, 5.74) is 4.93. The molecule has 0 unspecified atom stereocenters. The van der Waals surface area contributed by atoms with E-state index in [-0.39, 0.29) is 5.91 Å². The summed E-state index contributed by atoms with van der Waals surface area (Å²) in [4.78, 5) is 13.6. The zero-order valence-electron chi connectivity index (χ0n) is 13.1. The van der Waals surface area contributed by atoms with Crippen LogP contribution in [0.15, 0.2) is 48.5 Å². The van der Waals surface area contributed by atoms with Crippen molar-refractivity contribution in [3.8, 4) is 11.1 Å². The van der Waals surface area contributed by atoms with Crippen LogP contribution in [0.4, 0.5) is 0 Å². The Kier molecular flexibility index (Phi) is 5.15. The highest BCUT2D eigenvalue weighted by molar-refractivity contribution is 5.77. The monoisotopic (exact) mass is 281 g/mol. The van der Waals surface area contributed by atoms with Crippen LogP contribution in [0, 0.1) is 0 Å². The minimum atomic E-state index is 0.126. The predicted octanol–water partition coefficient (Wildman–Crippen LogP) is 4.63. The summed E-state index contributed by atoms with van der Waals surface area (Å²) in [5.74, 6) is 0.126. The summed E-state index contributed by atoms with van der Waals surface area (Å²) in [5, 5.41) is 0. The Balaban J connectivity index is 0.000000497. The number of carbonyl (C=O) groups excluding carboxylic acids is 1. The predicted molar refractivity (Wildman–Crippen MR) is 87.8 cm³/mol. The smallest absolute Gasteiger partial charge is 0.220 e. The largest absolute Gasteiger partial charge is 0.334 e. The third-order valence-corrected chi connectivity index (χ3v) is 3.49. The summed E-state index contributed by atoms with van der Waals surface area (Å²) in [6.45, 7) is 7.27. The molecular weight excluding hydrogens is 258 g/mol. The first kappa shape index (κ1) is 15.3. The van der Waals surface area contributed by atoms with Crippen LogP contribution in [-0.2, 0) is 17.9 Å². The van der Waals surface area contributed by atoms with Gasteiger partial charge in [-0.25, -0.2) is 0 Å². The minimum Gasteiger partial charge on any atom is -0.334 e. The molecule has 2 nitrogen and oxygen atoms in total. The topological polar surface area (TPSA) is 20.3 Å². The normalized spacial score (nSPS) is 12.4. The molecule has 0 bridgehead atoms. The zero-order valence-corrected chi connectivity index (χ0v) is 13.1. The highest BCUT2D eigenvalue weighted by Gasteiger charge is 2.19. The van der Waals surface area contributed by atoms with Gasteiger partial charge in [-0.3, -0.25) is 4.79 Å². The van der Waals surface area contributed by atoms with Crippen molar-refractivity contribution < 1.29 is 4.79 Å². The fraction of sp³-hybridized carbons (Fsp3) is 0.316. The quantitative estimate of drug-likeness (QED) is 0.689.